The maximum atomic E-state index is 12.1. The first-order chi connectivity index (χ1) is 10.7. The van der Waals surface area contributed by atoms with E-state index >= 15 is 0 Å². The highest BCUT2D eigenvalue weighted by atomic mass is 16.7. The van der Waals surface area contributed by atoms with Gasteiger partial charge in [-0.2, -0.15) is 9.46 Å². The Hall–Kier alpha value is -3.49. The Bertz CT molecular complexity index is 715. The van der Waals surface area contributed by atoms with Crippen molar-refractivity contribution in [1.82, 2.24) is 24.4 Å². The minimum Gasteiger partial charge on any atom is -0.330 e. The van der Waals surface area contributed by atoms with E-state index in [2.05, 4.69) is 15.0 Å². The monoisotopic (exact) mass is 299 g/mol. The Morgan fingerprint density at radius 3 is 2.14 bits per heavy atom. The molecule has 9 nitrogen and oxygen atoms in total. The Labute approximate surface area is 123 Å². The lowest BCUT2D eigenvalue weighted by molar-refractivity contribution is 0.0408. The lowest BCUT2D eigenvalue weighted by Crippen LogP contribution is -2.25. The molecule has 22 heavy (non-hydrogen) atoms. The minimum atomic E-state index is -0.809. The van der Waals surface area contributed by atoms with Crippen LogP contribution >= 0.6 is 0 Å². The molecule has 0 fully saturated rings. The molecule has 0 saturated carbocycles. The number of hydrogen-bond acceptors (Lipinski definition) is 7. The van der Waals surface area contributed by atoms with Crippen molar-refractivity contribution >= 4 is 11.9 Å². The molecule has 0 N–H and O–H groups in total. The molecule has 0 spiro atoms. The molecular formula is C13H9N5O4. The topological polar surface area (TPSA) is 101 Å². The summed E-state index contributed by atoms with van der Waals surface area (Å²) >= 11 is 0. The molecule has 9 heteroatoms. The third-order valence-electron chi connectivity index (χ3n) is 2.56. The molecule has 0 unspecified atom stereocenters. The molecular weight excluding hydrogens is 290 g/mol. The predicted molar refractivity (Wildman–Crippen MR) is 70.5 cm³/mol. The summed E-state index contributed by atoms with van der Waals surface area (Å²) in [7, 11) is 0. The van der Waals surface area contributed by atoms with Gasteiger partial charge in [-0.15, -0.1) is 0 Å². The minimum absolute atomic E-state index is 0.0266. The van der Waals surface area contributed by atoms with Gasteiger partial charge in [0.15, 0.2) is 5.69 Å². The maximum absolute atomic E-state index is 12.1. The number of hydrogen-bond donors (Lipinski definition) is 0. The largest absolute Gasteiger partial charge is 0.382 e. The zero-order chi connectivity index (χ0) is 15.4. The number of pyridine rings is 1. The Kier molecular flexibility index (Phi) is 3.60. The summed E-state index contributed by atoms with van der Waals surface area (Å²) in [5, 5.41) is 0. The van der Waals surface area contributed by atoms with E-state index < -0.39 is 11.9 Å². The van der Waals surface area contributed by atoms with Gasteiger partial charge in [-0.3, -0.25) is 0 Å². The third-order valence-corrected chi connectivity index (χ3v) is 2.56. The van der Waals surface area contributed by atoms with Gasteiger partial charge in [0, 0.05) is 18.6 Å². The molecule has 0 aliphatic heterocycles. The molecule has 3 aromatic heterocycles. The lowest BCUT2D eigenvalue weighted by Gasteiger charge is -2.07. The van der Waals surface area contributed by atoms with Crippen LogP contribution in [0.1, 0.15) is 20.8 Å². The van der Waals surface area contributed by atoms with Crippen LogP contribution < -0.4 is 9.68 Å². The van der Waals surface area contributed by atoms with E-state index in [9.17, 15) is 9.59 Å². The normalized spacial score (nSPS) is 10.2. The van der Waals surface area contributed by atoms with Crippen LogP contribution in [0.15, 0.2) is 55.8 Å². The highest BCUT2D eigenvalue weighted by molar-refractivity contribution is 6.01. The predicted octanol–water partition coefficient (Wildman–Crippen LogP) is 0.0126. The van der Waals surface area contributed by atoms with E-state index in [1.54, 1.807) is 0 Å². The average molecular weight is 299 g/mol. The summed E-state index contributed by atoms with van der Waals surface area (Å²) in [5.41, 5.74) is -0.192. The lowest BCUT2D eigenvalue weighted by atomic mass is 10.2. The first-order valence-corrected chi connectivity index (χ1v) is 6.10. The molecule has 0 aliphatic carbocycles. The van der Waals surface area contributed by atoms with E-state index in [0.717, 1.165) is 9.46 Å². The quantitative estimate of drug-likeness (QED) is 0.669. The molecule has 0 bridgehead atoms. The van der Waals surface area contributed by atoms with Gasteiger partial charge >= 0.3 is 11.9 Å². The standard InChI is InChI=1S/C13H9N5O4/c19-12(21-17-6-4-14-8-17)10-2-1-3-16-11(10)13(20)22-18-7-5-15-9-18/h1-9H. The van der Waals surface area contributed by atoms with Crippen LogP contribution in [0, 0.1) is 0 Å². The Balaban J connectivity index is 1.83. The zero-order valence-corrected chi connectivity index (χ0v) is 11.1. The van der Waals surface area contributed by atoms with Gasteiger partial charge in [0.05, 0.1) is 18.0 Å². The van der Waals surface area contributed by atoms with Gasteiger partial charge in [0.1, 0.15) is 12.7 Å². The first-order valence-electron chi connectivity index (χ1n) is 6.10. The van der Waals surface area contributed by atoms with Crippen molar-refractivity contribution in [2.45, 2.75) is 0 Å². The molecule has 3 rings (SSSR count). The molecule has 0 atom stereocenters. The number of carbonyl (C=O) groups excluding carboxylic acids is 2. The summed E-state index contributed by atoms with van der Waals surface area (Å²) in [4.78, 5) is 45.5. The number of imidazole rings is 2. The molecule has 3 heterocycles. The van der Waals surface area contributed by atoms with Crippen LogP contribution in [0.3, 0.4) is 0 Å². The number of carbonyl (C=O) groups is 2. The number of rotatable bonds is 4. The van der Waals surface area contributed by atoms with Crippen LogP contribution in [-0.2, 0) is 0 Å². The van der Waals surface area contributed by atoms with Gasteiger partial charge in [-0.25, -0.2) is 24.5 Å². The fourth-order valence-electron chi connectivity index (χ4n) is 1.62. The summed E-state index contributed by atoms with van der Waals surface area (Å²) in [6, 6.07) is 2.93. The molecule has 0 radical (unpaired) electrons. The molecule has 3 aromatic rings. The van der Waals surface area contributed by atoms with E-state index in [1.807, 2.05) is 0 Å². The van der Waals surface area contributed by atoms with E-state index in [-0.39, 0.29) is 11.3 Å². The van der Waals surface area contributed by atoms with Crippen LogP contribution in [-0.4, -0.2) is 36.4 Å². The van der Waals surface area contributed by atoms with Crippen molar-refractivity contribution in [1.29, 1.82) is 0 Å². The maximum Gasteiger partial charge on any atom is 0.382 e. The summed E-state index contributed by atoms with van der Waals surface area (Å²) in [6.07, 6.45) is 9.74. The molecule has 0 aliphatic rings. The molecule has 0 aromatic carbocycles. The van der Waals surface area contributed by atoms with Gasteiger partial charge in [-0.1, -0.05) is 0 Å². The van der Waals surface area contributed by atoms with Crippen molar-refractivity contribution < 1.29 is 19.3 Å². The second-order valence-electron chi connectivity index (χ2n) is 4.00. The van der Waals surface area contributed by atoms with E-state index in [1.165, 1.54) is 55.8 Å². The number of aromatic nitrogens is 5. The fraction of sp³-hybridized carbons (Fsp3) is 0. The first kappa shape index (κ1) is 13.5. The Morgan fingerprint density at radius 2 is 1.55 bits per heavy atom. The summed E-state index contributed by atoms with van der Waals surface area (Å²) < 4.78 is 2.21. The van der Waals surface area contributed by atoms with E-state index in [4.69, 9.17) is 9.68 Å². The zero-order valence-electron chi connectivity index (χ0n) is 11.1. The van der Waals surface area contributed by atoms with Crippen molar-refractivity contribution in [3.05, 3.63) is 67.0 Å². The van der Waals surface area contributed by atoms with Crippen LogP contribution in [0.25, 0.3) is 0 Å². The highest BCUT2D eigenvalue weighted by Gasteiger charge is 2.22. The van der Waals surface area contributed by atoms with Crippen LogP contribution in [0.5, 0.6) is 0 Å². The fourth-order valence-corrected chi connectivity index (χ4v) is 1.62. The van der Waals surface area contributed by atoms with Gasteiger partial charge in [0.2, 0.25) is 0 Å². The van der Waals surface area contributed by atoms with Crippen molar-refractivity contribution in [2.75, 3.05) is 0 Å². The second-order valence-corrected chi connectivity index (χ2v) is 4.00. The smallest absolute Gasteiger partial charge is 0.330 e. The van der Waals surface area contributed by atoms with Crippen LogP contribution in [0.4, 0.5) is 0 Å². The van der Waals surface area contributed by atoms with Crippen LogP contribution in [0.2, 0.25) is 0 Å². The van der Waals surface area contributed by atoms with Crippen molar-refractivity contribution in [3.8, 4) is 0 Å². The van der Waals surface area contributed by atoms with Gasteiger partial charge in [-0.05, 0) is 12.1 Å². The van der Waals surface area contributed by atoms with Gasteiger partial charge < -0.3 is 9.68 Å². The summed E-state index contributed by atoms with van der Waals surface area (Å²) in [5.74, 6) is -1.57. The summed E-state index contributed by atoms with van der Waals surface area (Å²) in [6.45, 7) is 0. The SMILES string of the molecule is O=C(On1ccnc1)c1cccnc1C(=O)On1ccnc1. The van der Waals surface area contributed by atoms with Crippen molar-refractivity contribution in [3.63, 3.8) is 0 Å². The average Bonchev–Trinajstić information content (AvgIpc) is 3.21. The van der Waals surface area contributed by atoms with Gasteiger partial charge in [0.25, 0.3) is 0 Å². The highest BCUT2D eigenvalue weighted by Crippen LogP contribution is 2.07. The second kappa shape index (κ2) is 5.87. The molecule has 0 amide bonds. The van der Waals surface area contributed by atoms with Crippen molar-refractivity contribution in [2.24, 2.45) is 0 Å². The third kappa shape index (κ3) is 2.82. The molecule has 0 saturated heterocycles. The van der Waals surface area contributed by atoms with E-state index in [0.29, 0.717) is 0 Å². The Morgan fingerprint density at radius 1 is 0.909 bits per heavy atom. The molecule has 110 valence electrons. The number of nitrogens with zero attached hydrogens (tertiary/aromatic N) is 5.